The lowest BCUT2D eigenvalue weighted by molar-refractivity contribution is -0.131. The lowest BCUT2D eigenvalue weighted by atomic mass is 10.1. The van der Waals surface area contributed by atoms with Crippen LogP contribution in [0.25, 0.3) is 6.08 Å². The van der Waals surface area contributed by atoms with E-state index in [-0.39, 0.29) is 0 Å². The maximum Gasteiger partial charge on any atom is 0.328 e. The minimum atomic E-state index is -0.933. The van der Waals surface area contributed by atoms with Crippen molar-refractivity contribution >= 4 is 29.3 Å². The van der Waals surface area contributed by atoms with Crippen LogP contribution in [0.3, 0.4) is 0 Å². The molecule has 112 valence electrons. The highest BCUT2D eigenvalue weighted by Gasteiger charge is 2.30. The molecule has 0 aliphatic heterocycles. The number of benzene rings is 1. The highest BCUT2D eigenvalue weighted by Crippen LogP contribution is 2.39. The molecule has 1 aromatic carbocycles. The van der Waals surface area contributed by atoms with E-state index < -0.39 is 5.97 Å². The average molecular weight is 306 g/mol. The van der Waals surface area contributed by atoms with Gasteiger partial charge in [0.25, 0.3) is 0 Å². The third-order valence-electron chi connectivity index (χ3n) is 4.09. The zero-order chi connectivity index (χ0) is 14.8. The molecule has 0 heterocycles. The van der Waals surface area contributed by atoms with E-state index in [1.54, 1.807) is 6.08 Å². The molecule has 3 nitrogen and oxygen atoms in total. The topological polar surface area (TPSA) is 40.5 Å². The van der Waals surface area contributed by atoms with E-state index in [2.05, 4.69) is 4.90 Å². The fourth-order valence-corrected chi connectivity index (χ4v) is 2.94. The van der Waals surface area contributed by atoms with Gasteiger partial charge in [0.05, 0.1) is 10.7 Å². The smallest absolute Gasteiger partial charge is 0.328 e. The van der Waals surface area contributed by atoms with Crippen LogP contribution in [0, 0.1) is 11.8 Å². The summed E-state index contributed by atoms with van der Waals surface area (Å²) in [6.07, 6.45) is 8.02. The predicted octanol–water partition coefficient (Wildman–Crippen LogP) is 4.06. The molecule has 2 saturated carbocycles. The third-order valence-corrected chi connectivity index (χ3v) is 4.40. The number of hydrogen-bond acceptors (Lipinski definition) is 2. The lowest BCUT2D eigenvalue weighted by Gasteiger charge is -2.27. The van der Waals surface area contributed by atoms with Gasteiger partial charge in [0.1, 0.15) is 0 Å². The molecule has 21 heavy (non-hydrogen) atoms. The summed E-state index contributed by atoms with van der Waals surface area (Å²) in [7, 11) is 0. The Bertz CT molecular complexity index is 548. The zero-order valence-electron chi connectivity index (χ0n) is 12.0. The van der Waals surface area contributed by atoms with Crippen molar-refractivity contribution in [2.24, 2.45) is 11.8 Å². The molecule has 0 atom stereocenters. The summed E-state index contributed by atoms with van der Waals surface area (Å²) in [4.78, 5) is 13.2. The third kappa shape index (κ3) is 4.01. The first-order valence-electron chi connectivity index (χ1n) is 7.58. The number of carboxylic acid groups (broad SMARTS) is 1. The van der Waals surface area contributed by atoms with E-state index in [1.807, 2.05) is 18.2 Å². The Morgan fingerprint density at radius 2 is 1.86 bits per heavy atom. The maximum absolute atomic E-state index is 10.8. The van der Waals surface area contributed by atoms with Gasteiger partial charge in [-0.05, 0) is 55.2 Å². The summed E-state index contributed by atoms with van der Waals surface area (Å²) >= 11 is 6.42. The van der Waals surface area contributed by atoms with Gasteiger partial charge in [0.15, 0.2) is 0 Å². The van der Waals surface area contributed by atoms with Gasteiger partial charge in [-0.25, -0.2) is 4.79 Å². The van der Waals surface area contributed by atoms with Crippen molar-refractivity contribution < 1.29 is 9.90 Å². The number of aliphatic carboxylic acids is 1. The maximum atomic E-state index is 10.8. The second-order valence-electron chi connectivity index (χ2n) is 6.14. The van der Waals surface area contributed by atoms with Crippen molar-refractivity contribution in [2.45, 2.75) is 25.7 Å². The Hall–Kier alpha value is -1.48. The van der Waals surface area contributed by atoms with Gasteiger partial charge in [0.2, 0.25) is 0 Å². The van der Waals surface area contributed by atoms with Crippen molar-refractivity contribution in [1.82, 2.24) is 0 Å². The van der Waals surface area contributed by atoms with Crippen LogP contribution in [0.15, 0.2) is 24.3 Å². The standard InChI is InChI=1S/C17H20ClNO2/c18-15-3-1-2-14(8-9-16(20)21)17(15)19(10-12-4-5-12)11-13-6-7-13/h1-3,8-9,12-13H,4-7,10-11H2,(H,20,21)/b9-8+. The predicted molar refractivity (Wildman–Crippen MR) is 85.8 cm³/mol. The van der Waals surface area contributed by atoms with Gasteiger partial charge in [-0.3, -0.25) is 0 Å². The number of carboxylic acids is 1. The van der Waals surface area contributed by atoms with Crippen LogP contribution in [-0.2, 0) is 4.79 Å². The van der Waals surface area contributed by atoms with Crippen LogP contribution >= 0.6 is 11.6 Å². The van der Waals surface area contributed by atoms with Gasteiger partial charge < -0.3 is 10.0 Å². The molecule has 0 radical (unpaired) electrons. The molecule has 1 aromatic rings. The van der Waals surface area contributed by atoms with Crippen LogP contribution in [0.1, 0.15) is 31.2 Å². The number of anilines is 1. The van der Waals surface area contributed by atoms with Crippen molar-refractivity contribution in [3.8, 4) is 0 Å². The van der Waals surface area contributed by atoms with E-state index in [0.717, 1.165) is 36.2 Å². The monoisotopic (exact) mass is 305 g/mol. The number of carbonyl (C=O) groups is 1. The minimum absolute atomic E-state index is 0.712. The van der Waals surface area contributed by atoms with E-state index in [4.69, 9.17) is 16.7 Å². The lowest BCUT2D eigenvalue weighted by Crippen LogP contribution is -2.29. The number of para-hydroxylation sites is 1. The molecule has 0 unspecified atom stereocenters. The Labute approximate surface area is 130 Å². The zero-order valence-corrected chi connectivity index (χ0v) is 12.7. The van der Waals surface area contributed by atoms with Gasteiger partial charge in [-0.1, -0.05) is 23.7 Å². The molecule has 4 heteroatoms. The summed E-state index contributed by atoms with van der Waals surface area (Å²) in [6, 6.07) is 5.70. The Morgan fingerprint density at radius 1 is 1.24 bits per heavy atom. The first kappa shape index (κ1) is 14.5. The van der Waals surface area contributed by atoms with Gasteiger partial charge in [0, 0.05) is 19.2 Å². The number of halogens is 1. The molecule has 0 bridgehead atoms. The summed E-state index contributed by atoms with van der Waals surface area (Å²) in [6.45, 7) is 2.07. The molecule has 0 aromatic heterocycles. The fourth-order valence-electron chi connectivity index (χ4n) is 2.64. The number of rotatable bonds is 7. The van der Waals surface area contributed by atoms with Crippen LogP contribution in [0.5, 0.6) is 0 Å². The quantitative estimate of drug-likeness (QED) is 0.772. The van der Waals surface area contributed by atoms with Crippen LogP contribution in [0.2, 0.25) is 5.02 Å². The van der Waals surface area contributed by atoms with Crippen molar-refractivity contribution in [3.63, 3.8) is 0 Å². The largest absolute Gasteiger partial charge is 0.478 e. The van der Waals surface area contributed by atoms with Crippen molar-refractivity contribution in [2.75, 3.05) is 18.0 Å². The molecular weight excluding hydrogens is 286 g/mol. The Kier molecular flexibility index (Phi) is 4.20. The molecule has 3 rings (SSSR count). The molecule has 1 N–H and O–H groups in total. The Morgan fingerprint density at radius 3 is 2.38 bits per heavy atom. The minimum Gasteiger partial charge on any atom is -0.478 e. The number of hydrogen-bond donors (Lipinski definition) is 1. The normalized spacial score (nSPS) is 18.1. The van der Waals surface area contributed by atoms with Gasteiger partial charge in [-0.2, -0.15) is 0 Å². The summed E-state index contributed by atoms with van der Waals surface area (Å²) in [5.74, 6) is 0.615. The van der Waals surface area contributed by atoms with Crippen LogP contribution < -0.4 is 4.90 Å². The summed E-state index contributed by atoms with van der Waals surface area (Å²) < 4.78 is 0. The van der Waals surface area contributed by atoms with E-state index in [0.29, 0.717) is 5.02 Å². The van der Waals surface area contributed by atoms with Gasteiger partial charge >= 0.3 is 5.97 Å². The van der Waals surface area contributed by atoms with E-state index in [1.165, 1.54) is 31.8 Å². The SMILES string of the molecule is O=C(O)/C=C/c1cccc(Cl)c1N(CC1CC1)CC1CC1. The van der Waals surface area contributed by atoms with Gasteiger partial charge in [-0.15, -0.1) is 0 Å². The molecule has 2 aliphatic rings. The van der Waals surface area contributed by atoms with E-state index in [9.17, 15) is 4.79 Å². The Balaban J connectivity index is 1.89. The van der Waals surface area contributed by atoms with Crippen molar-refractivity contribution in [3.05, 3.63) is 34.9 Å². The van der Waals surface area contributed by atoms with Crippen LogP contribution in [-0.4, -0.2) is 24.2 Å². The highest BCUT2D eigenvalue weighted by molar-refractivity contribution is 6.33. The average Bonchev–Trinajstić information content (AvgIpc) is 3.31. The summed E-state index contributed by atoms with van der Waals surface area (Å²) in [5.41, 5.74) is 1.89. The highest BCUT2D eigenvalue weighted by atomic mass is 35.5. The number of nitrogens with zero attached hydrogens (tertiary/aromatic N) is 1. The fraction of sp³-hybridized carbons (Fsp3) is 0.471. The molecular formula is C17H20ClNO2. The van der Waals surface area contributed by atoms with E-state index >= 15 is 0 Å². The molecule has 0 saturated heterocycles. The molecule has 0 spiro atoms. The molecule has 2 fully saturated rings. The second-order valence-corrected chi connectivity index (χ2v) is 6.55. The molecule has 2 aliphatic carbocycles. The molecule has 0 amide bonds. The summed E-state index contributed by atoms with van der Waals surface area (Å²) in [5, 5.41) is 9.56. The van der Waals surface area contributed by atoms with Crippen molar-refractivity contribution in [1.29, 1.82) is 0 Å². The second kappa shape index (κ2) is 6.10. The van der Waals surface area contributed by atoms with Crippen LogP contribution in [0.4, 0.5) is 5.69 Å². The first-order valence-corrected chi connectivity index (χ1v) is 7.95. The first-order chi connectivity index (χ1) is 10.1.